The molecule has 0 radical (unpaired) electrons. The molecule has 8 heteroatoms. The summed E-state index contributed by atoms with van der Waals surface area (Å²) in [6.45, 7) is 2.54. The number of hydrogen-bond acceptors (Lipinski definition) is 4. The summed E-state index contributed by atoms with van der Waals surface area (Å²) in [5.41, 5.74) is 1.58. The summed E-state index contributed by atoms with van der Waals surface area (Å²) in [5.74, 6) is -0.462. The molecule has 3 aromatic rings. The standard InChI is InChI=1S/C25H29N3O4S/c1-18(9-10-19-6-3-2-4-7-19)26-25(30)21-8-5-15-28(17-21)33(31,32)22-12-13-23-20(16-22)11-14-24(29)27-23/h2-4,6-7,11-14,16,18,21H,5,8-10,15,17H2,1H3,(H,26,30)(H,27,29)/t18-,21-/m1/s1. The Labute approximate surface area is 193 Å². The van der Waals surface area contributed by atoms with Gasteiger partial charge in [-0.05, 0) is 67.8 Å². The molecule has 1 amide bonds. The zero-order valence-corrected chi connectivity index (χ0v) is 19.5. The molecule has 1 saturated heterocycles. The molecule has 0 spiro atoms. The smallest absolute Gasteiger partial charge is 0.248 e. The molecule has 0 saturated carbocycles. The molecule has 2 aromatic carbocycles. The minimum atomic E-state index is -3.74. The molecule has 1 aliphatic rings. The van der Waals surface area contributed by atoms with E-state index in [1.54, 1.807) is 18.2 Å². The molecule has 0 bridgehead atoms. The first-order valence-corrected chi connectivity index (χ1v) is 12.7. The fourth-order valence-electron chi connectivity index (χ4n) is 4.28. The summed E-state index contributed by atoms with van der Waals surface area (Å²) in [5, 5.41) is 3.71. The number of fused-ring (bicyclic) bond motifs is 1. The predicted molar refractivity (Wildman–Crippen MR) is 128 cm³/mol. The maximum atomic E-state index is 13.3. The Bertz CT molecular complexity index is 1290. The van der Waals surface area contributed by atoms with E-state index in [-0.39, 0.29) is 34.9 Å². The molecular formula is C25H29N3O4S. The number of amides is 1. The monoisotopic (exact) mass is 467 g/mol. The average molecular weight is 468 g/mol. The topological polar surface area (TPSA) is 99.3 Å². The van der Waals surface area contributed by atoms with E-state index in [2.05, 4.69) is 22.4 Å². The molecule has 2 atom stereocenters. The highest BCUT2D eigenvalue weighted by molar-refractivity contribution is 7.89. The number of carbonyl (C=O) groups excluding carboxylic acids is 1. The molecule has 0 unspecified atom stereocenters. The molecule has 0 aliphatic carbocycles. The molecule has 2 N–H and O–H groups in total. The van der Waals surface area contributed by atoms with Crippen LogP contribution in [0.4, 0.5) is 0 Å². The van der Waals surface area contributed by atoms with Crippen LogP contribution in [0, 0.1) is 5.92 Å². The zero-order valence-electron chi connectivity index (χ0n) is 18.7. The molecule has 1 fully saturated rings. The summed E-state index contributed by atoms with van der Waals surface area (Å²) < 4.78 is 27.9. The van der Waals surface area contributed by atoms with Crippen molar-refractivity contribution in [1.82, 2.24) is 14.6 Å². The van der Waals surface area contributed by atoms with Gasteiger partial charge in [0.25, 0.3) is 0 Å². The molecule has 1 aliphatic heterocycles. The number of aryl methyl sites for hydroxylation is 1. The van der Waals surface area contributed by atoms with Gasteiger partial charge in [-0.25, -0.2) is 8.42 Å². The third-order valence-corrected chi connectivity index (χ3v) is 8.05. The number of carbonyl (C=O) groups is 1. The van der Waals surface area contributed by atoms with Crippen LogP contribution in [0.1, 0.15) is 31.7 Å². The molecule has 2 heterocycles. The highest BCUT2D eigenvalue weighted by atomic mass is 32.2. The van der Waals surface area contributed by atoms with E-state index in [0.717, 1.165) is 12.8 Å². The minimum Gasteiger partial charge on any atom is -0.353 e. The minimum absolute atomic E-state index is 0.00679. The van der Waals surface area contributed by atoms with Crippen molar-refractivity contribution in [3.8, 4) is 0 Å². The van der Waals surface area contributed by atoms with E-state index < -0.39 is 10.0 Å². The lowest BCUT2D eigenvalue weighted by Gasteiger charge is -2.32. The van der Waals surface area contributed by atoms with Crippen molar-refractivity contribution in [3.05, 3.63) is 76.6 Å². The van der Waals surface area contributed by atoms with Gasteiger partial charge >= 0.3 is 0 Å². The Kier molecular flexibility index (Phi) is 6.95. The number of rotatable bonds is 7. The second-order valence-corrected chi connectivity index (χ2v) is 10.6. The number of benzene rings is 2. The van der Waals surface area contributed by atoms with Gasteiger partial charge in [-0.15, -0.1) is 0 Å². The number of aromatic nitrogens is 1. The van der Waals surface area contributed by atoms with Gasteiger partial charge in [0.1, 0.15) is 0 Å². The van der Waals surface area contributed by atoms with Gasteiger partial charge < -0.3 is 10.3 Å². The van der Waals surface area contributed by atoms with Gasteiger partial charge in [0.2, 0.25) is 21.5 Å². The lowest BCUT2D eigenvalue weighted by molar-refractivity contribution is -0.126. The Morgan fingerprint density at radius 1 is 1.15 bits per heavy atom. The third kappa shape index (κ3) is 5.51. The quantitative estimate of drug-likeness (QED) is 0.558. The number of piperidine rings is 1. The first kappa shape index (κ1) is 23.2. The van der Waals surface area contributed by atoms with Gasteiger partial charge in [0.05, 0.1) is 10.8 Å². The van der Waals surface area contributed by atoms with E-state index in [0.29, 0.717) is 30.3 Å². The van der Waals surface area contributed by atoms with Crippen LogP contribution in [-0.4, -0.2) is 42.7 Å². The van der Waals surface area contributed by atoms with Gasteiger partial charge in [0, 0.05) is 30.7 Å². The van der Waals surface area contributed by atoms with Crippen molar-refractivity contribution in [3.63, 3.8) is 0 Å². The van der Waals surface area contributed by atoms with E-state index in [1.165, 1.54) is 22.0 Å². The van der Waals surface area contributed by atoms with Crippen molar-refractivity contribution in [2.24, 2.45) is 5.92 Å². The summed E-state index contributed by atoms with van der Waals surface area (Å²) in [6, 6.07) is 17.8. The van der Waals surface area contributed by atoms with E-state index in [4.69, 9.17) is 0 Å². The molecular weight excluding hydrogens is 438 g/mol. The van der Waals surface area contributed by atoms with Crippen LogP contribution in [0.5, 0.6) is 0 Å². The number of nitrogens with zero attached hydrogens (tertiary/aromatic N) is 1. The summed E-state index contributed by atoms with van der Waals surface area (Å²) in [7, 11) is -3.74. The molecule has 7 nitrogen and oxygen atoms in total. The second kappa shape index (κ2) is 9.89. The lowest BCUT2D eigenvalue weighted by atomic mass is 9.98. The van der Waals surface area contributed by atoms with Crippen molar-refractivity contribution < 1.29 is 13.2 Å². The van der Waals surface area contributed by atoms with Crippen molar-refractivity contribution in [1.29, 1.82) is 0 Å². The van der Waals surface area contributed by atoms with E-state index in [9.17, 15) is 18.0 Å². The van der Waals surface area contributed by atoms with Crippen LogP contribution in [-0.2, 0) is 21.2 Å². The predicted octanol–water partition coefficient (Wildman–Crippen LogP) is 3.07. The van der Waals surface area contributed by atoms with Gasteiger partial charge in [-0.2, -0.15) is 4.31 Å². The fourth-order valence-corrected chi connectivity index (χ4v) is 5.84. The fraction of sp³-hybridized carbons (Fsp3) is 0.360. The van der Waals surface area contributed by atoms with Crippen molar-refractivity contribution in [2.75, 3.05) is 13.1 Å². The van der Waals surface area contributed by atoms with Crippen LogP contribution in [0.2, 0.25) is 0 Å². The van der Waals surface area contributed by atoms with Crippen molar-refractivity contribution in [2.45, 2.75) is 43.5 Å². The van der Waals surface area contributed by atoms with Crippen LogP contribution < -0.4 is 10.9 Å². The average Bonchev–Trinajstić information content (AvgIpc) is 2.83. The maximum Gasteiger partial charge on any atom is 0.248 e. The number of nitrogens with one attached hydrogen (secondary N) is 2. The van der Waals surface area contributed by atoms with Gasteiger partial charge in [-0.3, -0.25) is 9.59 Å². The molecule has 1 aromatic heterocycles. The zero-order chi connectivity index (χ0) is 23.4. The number of pyridine rings is 1. The highest BCUT2D eigenvalue weighted by Gasteiger charge is 2.33. The van der Waals surface area contributed by atoms with Crippen LogP contribution in [0.3, 0.4) is 0 Å². The second-order valence-electron chi connectivity index (χ2n) is 8.71. The number of hydrogen-bond donors (Lipinski definition) is 2. The summed E-state index contributed by atoms with van der Waals surface area (Å²) in [4.78, 5) is 27.2. The van der Waals surface area contributed by atoms with E-state index in [1.807, 2.05) is 25.1 Å². The van der Waals surface area contributed by atoms with Crippen LogP contribution >= 0.6 is 0 Å². The van der Waals surface area contributed by atoms with Crippen LogP contribution in [0.25, 0.3) is 10.9 Å². The highest BCUT2D eigenvalue weighted by Crippen LogP contribution is 2.26. The first-order valence-electron chi connectivity index (χ1n) is 11.3. The Morgan fingerprint density at radius 2 is 1.94 bits per heavy atom. The summed E-state index contributed by atoms with van der Waals surface area (Å²) in [6.07, 6.45) is 3.00. The maximum absolute atomic E-state index is 13.3. The molecule has 174 valence electrons. The van der Waals surface area contributed by atoms with E-state index >= 15 is 0 Å². The first-order chi connectivity index (χ1) is 15.8. The Morgan fingerprint density at radius 3 is 2.73 bits per heavy atom. The van der Waals surface area contributed by atoms with Crippen molar-refractivity contribution >= 4 is 26.8 Å². The molecule has 33 heavy (non-hydrogen) atoms. The largest absolute Gasteiger partial charge is 0.353 e. The third-order valence-electron chi connectivity index (χ3n) is 6.19. The lowest BCUT2D eigenvalue weighted by Crippen LogP contribution is -2.47. The normalized spacial score (nSPS) is 18.2. The SMILES string of the molecule is C[C@H](CCc1ccccc1)NC(=O)[C@@H]1CCCN(S(=O)(=O)c2ccc3[nH]c(=O)ccc3c2)C1. The number of aromatic amines is 1. The Hall–Kier alpha value is -2.97. The van der Waals surface area contributed by atoms with Crippen LogP contribution in [0.15, 0.2) is 70.4 Å². The van der Waals surface area contributed by atoms with Gasteiger partial charge in [0.15, 0.2) is 0 Å². The summed E-state index contributed by atoms with van der Waals surface area (Å²) >= 11 is 0. The van der Waals surface area contributed by atoms with Gasteiger partial charge in [-0.1, -0.05) is 30.3 Å². The number of sulfonamides is 1. The number of H-pyrrole nitrogens is 1. The molecule has 4 rings (SSSR count). The Balaban J connectivity index is 1.40.